The van der Waals surface area contributed by atoms with E-state index in [9.17, 15) is 14.9 Å². The summed E-state index contributed by atoms with van der Waals surface area (Å²) in [5.74, 6) is 0.259. The number of nitriles is 1. The Hall–Kier alpha value is -1.65. The number of rotatable bonds is 22. The Kier molecular flexibility index (Phi) is 16.8. The highest BCUT2D eigenvalue weighted by atomic mass is 16.5. The lowest BCUT2D eigenvalue weighted by Crippen LogP contribution is -2.46. The van der Waals surface area contributed by atoms with Gasteiger partial charge in [-0.05, 0) is 86.5 Å². The predicted octanol–water partition coefficient (Wildman–Crippen LogP) is 7.72. The summed E-state index contributed by atoms with van der Waals surface area (Å²) in [5.41, 5.74) is -2.33. The Bertz CT molecular complexity index is 826. The third kappa shape index (κ3) is 17.2. The van der Waals surface area contributed by atoms with E-state index in [4.69, 9.17) is 9.47 Å². The molecule has 0 fully saturated rings. The van der Waals surface area contributed by atoms with Gasteiger partial charge >= 0.3 is 0 Å². The standard InChI is InChI=1S/C34H65N3O4/c1-13-14-15-16-17-22-37-29(39)30(4,5)25-33(10,11)41-32(8,9)21-24-40-31(6,7)20-23-36-28(38)18-19-34(12,26-35)27(2)3/h27H,13-25H2,1-12H3,(H,36,38)(H,37,39). The number of hydrogen-bond donors (Lipinski definition) is 2. The average molecular weight is 580 g/mol. The van der Waals surface area contributed by atoms with E-state index >= 15 is 0 Å². The Morgan fingerprint density at radius 3 is 1.95 bits per heavy atom. The maximum Gasteiger partial charge on any atom is 0.225 e. The van der Waals surface area contributed by atoms with Crippen LogP contribution in [0.4, 0.5) is 0 Å². The van der Waals surface area contributed by atoms with Crippen molar-refractivity contribution in [3.8, 4) is 6.07 Å². The van der Waals surface area contributed by atoms with Crippen LogP contribution in [-0.4, -0.2) is 48.3 Å². The maximum absolute atomic E-state index is 12.9. The minimum absolute atomic E-state index is 0.0248. The molecule has 7 heteroatoms. The third-order valence-corrected chi connectivity index (χ3v) is 8.25. The quantitative estimate of drug-likeness (QED) is 0.128. The zero-order valence-electron chi connectivity index (χ0n) is 28.8. The highest BCUT2D eigenvalue weighted by molar-refractivity contribution is 5.81. The number of carbonyl (C=O) groups excluding carboxylic acids is 2. The van der Waals surface area contributed by atoms with E-state index in [2.05, 4.69) is 51.3 Å². The molecule has 0 heterocycles. The van der Waals surface area contributed by atoms with Gasteiger partial charge in [-0.1, -0.05) is 60.3 Å². The minimum atomic E-state index is -0.534. The minimum Gasteiger partial charge on any atom is -0.375 e. The van der Waals surface area contributed by atoms with Crippen molar-refractivity contribution in [1.82, 2.24) is 10.6 Å². The van der Waals surface area contributed by atoms with Gasteiger partial charge in [0, 0.05) is 24.9 Å². The van der Waals surface area contributed by atoms with Crippen LogP contribution in [-0.2, 0) is 19.1 Å². The SMILES string of the molecule is CCCCCCCNC(=O)C(C)(C)CC(C)(C)OC(C)(C)CCOC(C)(C)CCNC(=O)CCC(C)(C#N)C(C)C. The van der Waals surface area contributed by atoms with Crippen LogP contribution >= 0.6 is 0 Å². The van der Waals surface area contributed by atoms with Crippen molar-refractivity contribution in [3.63, 3.8) is 0 Å². The molecule has 0 spiro atoms. The molecule has 0 radical (unpaired) electrons. The van der Waals surface area contributed by atoms with Crippen molar-refractivity contribution in [2.24, 2.45) is 16.7 Å². The Balaban J connectivity index is 4.58. The summed E-state index contributed by atoms with van der Waals surface area (Å²) in [5, 5.41) is 15.6. The number of nitrogens with zero attached hydrogens (tertiary/aromatic N) is 1. The first-order valence-electron chi connectivity index (χ1n) is 16.0. The van der Waals surface area contributed by atoms with Crippen LogP contribution in [0.15, 0.2) is 0 Å². The van der Waals surface area contributed by atoms with Gasteiger partial charge in [-0.3, -0.25) is 9.59 Å². The van der Waals surface area contributed by atoms with Crippen molar-refractivity contribution in [2.45, 2.75) is 164 Å². The van der Waals surface area contributed by atoms with Crippen molar-refractivity contribution in [1.29, 1.82) is 5.26 Å². The number of ether oxygens (including phenoxy) is 2. The number of carbonyl (C=O) groups is 2. The number of hydrogen-bond acceptors (Lipinski definition) is 5. The van der Waals surface area contributed by atoms with Gasteiger partial charge < -0.3 is 20.1 Å². The molecular formula is C34H65N3O4. The molecule has 0 saturated carbocycles. The van der Waals surface area contributed by atoms with E-state index in [0.717, 1.165) is 19.4 Å². The maximum atomic E-state index is 12.9. The lowest BCUT2D eigenvalue weighted by molar-refractivity contribution is -0.159. The molecule has 0 bridgehead atoms. The van der Waals surface area contributed by atoms with Crippen molar-refractivity contribution < 1.29 is 19.1 Å². The normalized spacial score (nSPS) is 14.4. The second-order valence-electron chi connectivity index (χ2n) is 15.0. The number of amides is 2. The number of nitrogens with one attached hydrogen (secondary N) is 2. The second kappa shape index (κ2) is 17.5. The molecule has 1 unspecified atom stereocenters. The second-order valence-corrected chi connectivity index (χ2v) is 15.0. The zero-order valence-corrected chi connectivity index (χ0v) is 28.8. The van der Waals surface area contributed by atoms with Crippen molar-refractivity contribution in [2.75, 3.05) is 19.7 Å². The summed E-state index contributed by atoms with van der Waals surface area (Å²) in [7, 11) is 0. The van der Waals surface area contributed by atoms with Gasteiger partial charge in [0.05, 0.1) is 34.9 Å². The first-order chi connectivity index (χ1) is 18.7. The molecule has 1 atom stereocenters. The predicted molar refractivity (Wildman–Crippen MR) is 169 cm³/mol. The van der Waals surface area contributed by atoms with Crippen molar-refractivity contribution in [3.05, 3.63) is 0 Å². The molecule has 2 N–H and O–H groups in total. The molecule has 0 aromatic rings. The van der Waals surface area contributed by atoms with Crippen LogP contribution in [0, 0.1) is 28.1 Å². The summed E-state index contributed by atoms with van der Waals surface area (Å²) < 4.78 is 12.8. The van der Waals surface area contributed by atoms with Gasteiger partial charge in [0.1, 0.15) is 0 Å². The molecule has 0 aliphatic rings. The van der Waals surface area contributed by atoms with Gasteiger partial charge in [-0.2, -0.15) is 5.26 Å². The topological polar surface area (TPSA) is 100 Å². The smallest absolute Gasteiger partial charge is 0.225 e. The third-order valence-electron chi connectivity index (χ3n) is 8.25. The molecular weight excluding hydrogens is 514 g/mol. The molecule has 0 aliphatic heterocycles. The van der Waals surface area contributed by atoms with E-state index in [1.165, 1.54) is 19.3 Å². The van der Waals surface area contributed by atoms with E-state index in [1.54, 1.807) is 0 Å². The fourth-order valence-corrected chi connectivity index (χ4v) is 5.23. The molecule has 240 valence electrons. The fraction of sp³-hybridized carbons (Fsp3) is 0.912. The largest absolute Gasteiger partial charge is 0.375 e. The van der Waals surface area contributed by atoms with E-state index < -0.39 is 27.6 Å². The summed E-state index contributed by atoms with van der Waals surface area (Å²) in [6.45, 7) is 26.3. The van der Waals surface area contributed by atoms with Gasteiger partial charge in [-0.25, -0.2) is 0 Å². The Labute approximate surface area is 253 Å². The summed E-state index contributed by atoms with van der Waals surface area (Å²) in [6, 6.07) is 2.36. The summed E-state index contributed by atoms with van der Waals surface area (Å²) in [6.07, 6.45) is 8.80. The molecule has 2 amide bonds. The van der Waals surface area contributed by atoms with Crippen LogP contribution in [0.3, 0.4) is 0 Å². The molecule has 0 rings (SSSR count). The Morgan fingerprint density at radius 2 is 1.39 bits per heavy atom. The van der Waals surface area contributed by atoms with Gasteiger partial charge in [0.2, 0.25) is 11.8 Å². The Morgan fingerprint density at radius 1 is 0.780 bits per heavy atom. The summed E-state index contributed by atoms with van der Waals surface area (Å²) >= 11 is 0. The molecule has 0 aromatic carbocycles. The highest BCUT2D eigenvalue weighted by Crippen LogP contribution is 2.35. The summed E-state index contributed by atoms with van der Waals surface area (Å²) in [4.78, 5) is 25.2. The fourth-order valence-electron chi connectivity index (χ4n) is 5.23. The first-order valence-corrected chi connectivity index (χ1v) is 16.0. The van der Waals surface area contributed by atoms with Crippen LogP contribution in [0.2, 0.25) is 0 Å². The monoisotopic (exact) mass is 579 g/mol. The first kappa shape index (κ1) is 39.4. The van der Waals surface area contributed by atoms with E-state index in [1.807, 2.05) is 48.5 Å². The van der Waals surface area contributed by atoms with Crippen LogP contribution in [0.1, 0.15) is 147 Å². The van der Waals surface area contributed by atoms with Crippen LogP contribution < -0.4 is 10.6 Å². The highest BCUT2D eigenvalue weighted by Gasteiger charge is 2.38. The molecule has 0 aromatic heterocycles. The van der Waals surface area contributed by atoms with Gasteiger partial charge in [-0.15, -0.1) is 0 Å². The van der Waals surface area contributed by atoms with Crippen molar-refractivity contribution >= 4 is 11.8 Å². The molecule has 41 heavy (non-hydrogen) atoms. The van der Waals surface area contributed by atoms with E-state index in [0.29, 0.717) is 45.3 Å². The van der Waals surface area contributed by atoms with Gasteiger partial charge in [0.15, 0.2) is 0 Å². The molecule has 7 nitrogen and oxygen atoms in total. The lowest BCUT2D eigenvalue weighted by Gasteiger charge is -2.40. The lowest BCUT2D eigenvalue weighted by atomic mass is 9.77. The molecule has 0 aliphatic carbocycles. The van der Waals surface area contributed by atoms with Crippen LogP contribution in [0.5, 0.6) is 0 Å². The zero-order chi connectivity index (χ0) is 32.0. The van der Waals surface area contributed by atoms with Gasteiger partial charge in [0.25, 0.3) is 0 Å². The number of unbranched alkanes of at least 4 members (excludes halogenated alkanes) is 4. The average Bonchev–Trinajstić information content (AvgIpc) is 2.82. The van der Waals surface area contributed by atoms with E-state index in [-0.39, 0.29) is 17.7 Å². The van der Waals surface area contributed by atoms with Crippen LogP contribution in [0.25, 0.3) is 0 Å². The molecule has 0 saturated heterocycles.